The van der Waals surface area contributed by atoms with Gasteiger partial charge in [-0.3, -0.25) is 4.68 Å². The van der Waals surface area contributed by atoms with E-state index >= 15 is 0 Å². The molecule has 1 aromatic heterocycles. The van der Waals surface area contributed by atoms with Crippen LogP contribution in [0.3, 0.4) is 0 Å². The molecule has 0 saturated heterocycles. The van der Waals surface area contributed by atoms with Gasteiger partial charge in [-0.05, 0) is 43.2 Å². The molecule has 1 aromatic carbocycles. The van der Waals surface area contributed by atoms with Crippen LogP contribution in [0.4, 0.5) is 0 Å². The van der Waals surface area contributed by atoms with Gasteiger partial charge in [0.25, 0.3) is 0 Å². The van der Waals surface area contributed by atoms with Crippen LogP contribution in [0.5, 0.6) is 0 Å². The number of aliphatic hydroxyl groups is 1. The summed E-state index contributed by atoms with van der Waals surface area (Å²) in [5.74, 6) is 0. The first-order chi connectivity index (χ1) is 8.45. The van der Waals surface area contributed by atoms with Crippen molar-refractivity contribution in [1.82, 2.24) is 9.78 Å². The predicted octanol–water partition coefficient (Wildman–Crippen LogP) is 3.08. The van der Waals surface area contributed by atoms with Crippen LogP contribution in [0, 0.1) is 13.8 Å². The Bertz CT molecular complexity index is 543. The number of aromatic nitrogens is 2. The van der Waals surface area contributed by atoms with Gasteiger partial charge in [-0.15, -0.1) is 0 Å². The molecule has 1 N–H and O–H groups in total. The molecule has 1 atom stereocenters. The normalized spacial score (nSPS) is 12.7. The molecular formula is C14H17BrN2O. The molecule has 1 heterocycles. The second-order valence-corrected chi connectivity index (χ2v) is 5.60. The lowest BCUT2D eigenvalue weighted by molar-refractivity contribution is 0.175. The summed E-state index contributed by atoms with van der Waals surface area (Å²) in [6.07, 6.45) is 0.0729. The van der Waals surface area contributed by atoms with Crippen molar-refractivity contribution in [2.45, 2.75) is 26.4 Å². The predicted molar refractivity (Wildman–Crippen MR) is 75.5 cm³/mol. The molecule has 0 fully saturated rings. The number of hydrogen-bond acceptors (Lipinski definition) is 2. The van der Waals surface area contributed by atoms with Crippen LogP contribution in [-0.2, 0) is 13.5 Å². The van der Waals surface area contributed by atoms with Gasteiger partial charge in [0, 0.05) is 23.6 Å². The lowest BCUT2D eigenvalue weighted by atomic mass is 10.0. The number of rotatable bonds is 3. The minimum Gasteiger partial charge on any atom is -0.388 e. The van der Waals surface area contributed by atoms with E-state index in [9.17, 15) is 5.11 Å². The first-order valence-corrected chi connectivity index (χ1v) is 6.69. The SMILES string of the molecule is Cc1cc(Br)cc(C(O)Cc2cc(C)nn2C)c1. The van der Waals surface area contributed by atoms with Crippen molar-refractivity contribution in [3.8, 4) is 0 Å². The molecule has 0 bridgehead atoms. The maximum absolute atomic E-state index is 10.3. The fraction of sp³-hybridized carbons (Fsp3) is 0.357. The first-order valence-electron chi connectivity index (χ1n) is 5.90. The highest BCUT2D eigenvalue weighted by atomic mass is 79.9. The minimum absolute atomic E-state index is 0.504. The lowest BCUT2D eigenvalue weighted by Crippen LogP contribution is -2.06. The maximum atomic E-state index is 10.3. The Labute approximate surface area is 116 Å². The Morgan fingerprint density at radius 1 is 1.28 bits per heavy atom. The largest absolute Gasteiger partial charge is 0.388 e. The van der Waals surface area contributed by atoms with E-state index in [1.165, 1.54) is 0 Å². The summed E-state index contributed by atoms with van der Waals surface area (Å²) in [4.78, 5) is 0. The zero-order valence-electron chi connectivity index (χ0n) is 10.8. The van der Waals surface area contributed by atoms with E-state index < -0.39 is 6.10 Å². The van der Waals surface area contributed by atoms with Gasteiger partial charge in [-0.2, -0.15) is 5.10 Å². The molecular weight excluding hydrogens is 292 g/mol. The third-order valence-corrected chi connectivity index (χ3v) is 3.41. The zero-order chi connectivity index (χ0) is 13.3. The third-order valence-electron chi connectivity index (χ3n) is 2.95. The molecule has 3 nitrogen and oxygen atoms in total. The van der Waals surface area contributed by atoms with E-state index in [0.717, 1.165) is 27.0 Å². The molecule has 0 spiro atoms. The lowest BCUT2D eigenvalue weighted by Gasteiger charge is -2.12. The van der Waals surface area contributed by atoms with Gasteiger partial charge in [0.15, 0.2) is 0 Å². The minimum atomic E-state index is -0.504. The van der Waals surface area contributed by atoms with Crippen molar-refractivity contribution >= 4 is 15.9 Å². The smallest absolute Gasteiger partial charge is 0.0845 e. The molecule has 96 valence electrons. The second kappa shape index (κ2) is 5.24. The van der Waals surface area contributed by atoms with Gasteiger partial charge < -0.3 is 5.11 Å². The molecule has 2 rings (SSSR count). The third kappa shape index (κ3) is 3.00. The summed E-state index contributed by atoms with van der Waals surface area (Å²) in [5, 5.41) is 14.6. The van der Waals surface area contributed by atoms with Crippen LogP contribution in [0.25, 0.3) is 0 Å². The maximum Gasteiger partial charge on any atom is 0.0845 e. The topological polar surface area (TPSA) is 38.1 Å². The second-order valence-electron chi connectivity index (χ2n) is 4.68. The van der Waals surface area contributed by atoms with Crippen LogP contribution in [-0.4, -0.2) is 14.9 Å². The average Bonchev–Trinajstić information content (AvgIpc) is 2.56. The van der Waals surface area contributed by atoms with Crippen molar-refractivity contribution in [3.63, 3.8) is 0 Å². The van der Waals surface area contributed by atoms with Crippen molar-refractivity contribution in [3.05, 3.63) is 51.3 Å². The Balaban J connectivity index is 2.21. The van der Waals surface area contributed by atoms with E-state index in [1.54, 1.807) is 0 Å². The van der Waals surface area contributed by atoms with E-state index in [0.29, 0.717) is 6.42 Å². The number of hydrogen-bond donors (Lipinski definition) is 1. The molecule has 1 unspecified atom stereocenters. The highest BCUT2D eigenvalue weighted by molar-refractivity contribution is 9.10. The Morgan fingerprint density at radius 3 is 2.56 bits per heavy atom. The first kappa shape index (κ1) is 13.3. The van der Waals surface area contributed by atoms with E-state index in [2.05, 4.69) is 21.0 Å². The zero-order valence-corrected chi connectivity index (χ0v) is 12.4. The molecule has 0 radical (unpaired) electrons. The molecule has 18 heavy (non-hydrogen) atoms. The summed E-state index contributed by atoms with van der Waals surface area (Å²) in [6.45, 7) is 3.98. The van der Waals surface area contributed by atoms with Gasteiger partial charge >= 0.3 is 0 Å². The van der Waals surface area contributed by atoms with E-state index in [1.807, 2.05) is 49.8 Å². The van der Waals surface area contributed by atoms with Gasteiger partial charge in [-0.1, -0.05) is 22.0 Å². The van der Waals surface area contributed by atoms with Crippen LogP contribution >= 0.6 is 15.9 Å². The van der Waals surface area contributed by atoms with Crippen LogP contribution < -0.4 is 0 Å². The molecule has 4 heteroatoms. The number of benzene rings is 1. The summed E-state index contributed by atoms with van der Waals surface area (Å²) >= 11 is 3.46. The van der Waals surface area contributed by atoms with Gasteiger partial charge in [0.2, 0.25) is 0 Å². The van der Waals surface area contributed by atoms with Crippen molar-refractivity contribution < 1.29 is 5.11 Å². The fourth-order valence-electron chi connectivity index (χ4n) is 2.13. The number of nitrogens with zero attached hydrogens (tertiary/aromatic N) is 2. The molecule has 0 aliphatic rings. The average molecular weight is 309 g/mol. The van der Waals surface area contributed by atoms with Gasteiger partial charge in [0.1, 0.15) is 0 Å². The molecule has 0 aliphatic heterocycles. The Hall–Kier alpha value is -1.13. The summed E-state index contributed by atoms with van der Waals surface area (Å²) in [6, 6.07) is 8.01. The van der Waals surface area contributed by atoms with Gasteiger partial charge in [0.05, 0.1) is 11.8 Å². The monoisotopic (exact) mass is 308 g/mol. The summed E-state index contributed by atoms with van der Waals surface area (Å²) < 4.78 is 2.82. The highest BCUT2D eigenvalue weighted by Crippen LogP contribution is 2.23. The number of halogens is 1. The Kier molecular flexibility index (Phi) is 3.88. The van der Waals surface area contributed by atoms with Crippen molar-refractivity contribution in [2.75, 3.05) is 0 Å². The quantitative estimate of drug-likeness (QED) is 0.946. The number of aryl methyl sites for hydroxylation is 3. The molecule has 0 amide bonds. The van der Waals surface area contributed by atoms with Crippen molar-refractivity contribution in [1.29, 1.82) is 0 Å². The van der Waals surface area contributed by atoms with Gasteiger partial charge in [-0.25, -0.2) is 0 Å². The highest BCUT2D eigenvalue weighted by Gasteiger charge is 2.12. The van der Waals surface area contributed by atoms with E-state index in [4.69, 9.17) is 0 Å². The molecule has 0 saturated carbocycles. The van der Waals surface area contributed by atoms with E-state index in [-0.39, 0.29) is 0 Å². The fourth-order valence-corrected chi connectivity index (χ4v) is 2.75. The van der Waals surface area contributed by atoms with Crippen LogP contribution in [0.1, 0.15) is 28.6 Å². The Morgan fingerprint density at radius 2 is 2.00 bits per heavy atom. The summed E-state index contributed by atoms with van der Waals surface area (Å²) in [5.41, 5.74) is 4.09. The van der Waals surface area contributed by atoms with Crippen molar-refractivity contribution in [2.24, 2.45) is 7.05 Å². The number of aliphatic hydroxyl groups excluding tert-OH is 1. The molecule has 0 aliphatic carbocycles. The molecule has 2 aromatic rings. The summed E-state index contributed by atoms with van der Waals surface area (Å²) in [7, 11) is 1.90. The standard InChI is InChI=1S/C14H17BrN2O/c1-9-4-11(7-12(15)5-9)14(18)8-13-6-10(2)16-17(13)3/h4-7,14,18H,8H2,1-3H3. The van der Waals surface area contributed by atoms with Crippen LogP contribution in [0.2, 0.25) is 0 Å². The van der Waals surface area contributed by atoms with Crippen LogP contribution in [0.15, 0.2) is 28.7 Å².